The number of hydrogen-bond acceptors (Lipinski definition) is 9. The van der Waals surface area contributed by atoms with Gasteiger partial charge in [0.05, 0.1) is 26.8 Å². The molecule has 0 unspecified atom stereocenters. The Labute approximate surface area is 336 Å². The van der Waals surface area contributed by atoms with Gasteiger partial charge in [-0.25, -0.2) is 14.6 Å². The molecule has 0 heterocycles. The number of ether oxygens (including phenoxy) is 3. The molecule has 13 nitrogen and oxygen atoms in total. The van der Waals surface area contributed by atoms with Crippen molar-refractivity contribution in [3.8, 4) is 0 Å². The van der Waals surface area contributed by atoms with Crippen molar-refractivity contribution in [3.05, 3.63) is 35.9 Å². The Morgan fingerprint density at radius 1 is 0.714 bits per heavy atom. The number of nitrogens with zero attached hydrogens (tertiary/aromatic N) is 1. The van der Waals surface area contributed by atoms with Crippen LogP contribution in [0.15, 0.2) is 30.3 Å². The Morgan fingerprint density at radius 2 is 1.25 bits per heavy atom. The van der Waals surface area contributed by atoms with E-state index in [2.05, 4.69) is 28.3 Å². The van der Waals surface area contributed by atoms with Gasteiger partial charge in [0, 0.05) is 13.0 Å². The summed E-state index contributed by atoms with van der Waals surface area (Å²) in [6, 6.07) is 7.06. The van der Waals surface area contributed by atoms with Crippen LogP contribution < -0.4 is 21.4 Å². The third-order valence-corrected chi connectivity index (χ3v) is 10.5. The van der Waals surface area contributed by atoms with Gasteiger partial charge in [0.1, 0.15) is 18.2 Å². The van der Waals surface area contributed by atoms with Gasteiger partial charge in [-0.15, -0.1) is 0 Å². The predicted molar refractivity (Wildman–Crippen MR) is 218 cm³/mol. The average molecular weight is 788 g/mol. The molecule has 318 valence electrons. The highest BCUT2D eigenvalue weighted by Gasteiger charge is 2.35. The summed E-state index contributed by atoms with van der Waals surface area (Å²) in [6.45, 7) is 10.1. The smallest absolute Gasteiger partial charge is 0.407 e. The van der Waals surface area contributed by atoms with E-state index in [9.17, 15) is 24.0 Å². The molecule has 0 spiro atoms. The summed E-state index contributed by atoms with van der Waals surface area (Å²) in [7, 11) is 2.49. The number of esters is 1. The summed E-state index contributed by atoms with van der Waals surface area (Å²) in [5.74, 6) is -1.50. The molecule has 4 amide bonds. The van der Waals surface area contributed by atoms with E-state index in [4.69, 9.17) is 14.2 Å². The molecular weight excluding hydrogens is 714 g/mol. The lowest BCUT2D eigenvalue weighted by Gasteiger charge is -2.36. The SMILES string of the molecule is CCCCCCCCCCCC(=O)O[C@@H](CN(CC1CCCCC1)NC(=O)[C@@H](NC(=O)OC)C(C)C)[C@H](Cc1ccccc1)NC(=O)[C@@H](NC(=O)OC)C(C)C. The zero-order valence-corrected chi connectivity index (χ0v) is 35.4. The fourth-order valence-corrected chi connectivity index (χ4v) is 7.20. The quantitative estimate of drug-likeness (QED) is 0.0329. The minimum Gasteiger partial charge on any atom is -0.459 e. The minimum absolute atomic E-state index is 0.0728. The number of hydrogen-bond donors (Lipinski definition) is 4. The lowest BCUT2D eigenvalue weighted by atomic mass is 9.89. The van der Waals surface area contributed by atoms with Gasteiger partial charge in [-0.05, 0) is 49.0 Å². The van der Waals surface area contributed by atoms with Gasteiger partial charge in [0.2, 0.25) is 5.91 Å². The van der Waals surface area contributed by atoms with E-state index < -0.39 is 48.2 Å². The number of methoxy groups -OCH3 is 2. The number of benzene rings is 1. The third kappa shape index (κ3) is 19.3. The van der Waals surface area contributed by atoms with Crippen LogP contribution in [0.2, 0.25) is 0 Å². The maximum Gasteiger partial charge on any atom is 0.407 e. The minimum atomic E-state index is -0.923. The second kappa shape index (κ2) is 27.7. The lowest BCUT2D eigenvalue weighted by molar-refractivity contribution is -0.154. The van der Waals surface area contributed by atoms with Crippen molar-refractivity contribution in [1.82, 2.24) is 26.4 Å². The van der Waals surface area contributed by atoms with Crippen molar-refractivity contribution in [2.24, 2.45) is 17.8 Å². The van der Waals surface area contributed by atoms with Crippen molar-refractivity contribution < 1.29 is 38.2 Å². The van der Waals surface area contributed by atoms with Crippen molar-refractivity contribution in [2.75, 3.05) is 27.3 Å². The number of carbonyl (C=O) groups is 5. The number of rotatable bonds is 26. The fraction of sp³-hybridized carbons (Fsp3) is 0.744. The topological polar surface area (TPSA) is 164 Å². The Morgan fingerprint density at radius 3 is 1.79 bits per heavy atom. The van der Waals surface area contributed by atoms with Crippen molar-refractivity contribution >= 4 is 30.0 Å². The largest absolute Gasteiger partial charge is 0.459 e. The zero-order chi connectivity index (χ0) is 41.3. The van der Waals surface area contributed by atoms with Crippen LogP contribution in [0.3, 0.4) is 0 Å². The Balaban J connectivity index is 2.46. The Bertz CT molecular complexity index is 1290. The van der Waals surface area contributed by atoms with Crippen LogP contribution in [0.25, 0.3) is 0 Å². The molecule has 0 aromatic heterocycles. The van der Waals surface area contributed by atoms with Crippen LogP contribution in [-0.4, -0.2) is 86.5 Å². The molecule has 1 aromatic carbocycles. The molecule has 13 heteroatoms. The molecule has 1 saturated carbocycles. The van der Waals surface area contributed by atoms with Gasteiger partial charge in [0.25, 0.3) is 5.91 Å². The van der Waals surface area contributed by atoms with Gasteiger partial charge in [-0.3, -0.25) is 19.8 Å². The fourth-order valence-electron chi connectivity index (χ4n) is 7.20. The number of amides is 4. The molecule has 1 aliphatic rings. The van der Waals surface area contributed by atoms with E-state index >= 15 is 0 Å². The molecule has 1 aromatic rings. The van der Waals surface area contributed by atoms with Gasteiger partial charge in [0.15, 0.2) is 0 Å². The van der Waals surface area contributed by atoms with Crippen LogP contribution in [-0.2, 0) is 35.0 Å². The molecule has 0 saturated heterocycles. The van der Waals surface area contributed by atoms with Crippen LogP contribution in [0.5, 0.6) is 0 Å². The average Bonchev–Trinajstić information content (AvgIpc) is 3.17. The van der Waals surface area contributed by atoms with Gasteiger partial charge in [-0.2, -0.15) is 0 Å². The first kappa shape index (κ1) is 48.3. The van der Waals surface area contributed by atoms with Crippen LogP contribution in [0.4, 0.5) is 9.59 Å². The highest BCUT2D eigenvalue weighted by molar-refractivity contribution is 5.86. The Hall–Kier alpha value is -3.87. The van der Waals surface area contributed by atoms with Crippen molar-refractivity contribution in [2.45, 2.75) is 162 Å². The first-order chi connectivity index (χ1) is 26.9. The molecule has 0 bridgehead atoms. The molecule has 4 N–H and O–H groups in total. The zero-order valence-electron chi connectivity index (χ0n) is 35.4. The normalized spacial score (nSPS) is 15.4. The molecule has 1 fully saturated rings. The number of nitrogens with one attached hydrogen (secondary N) is 4. The van der Waals surface area contributed by atoms with Crippen LogP contribution in [0, 0.1) is 17.8 Å². The molecule has 56 heavy (non-hydrogen) atoms. The molecule has 0 radical (unpaired) electrons. The molecule has 1 aliphatic carbocycles. The van der Waals surface area contributed by atoms with Crippen LogP contribution in [0.1, 0.15) is 136 Å². The standard InChI is InChI=1S/C43H73N5O8/c1-8-9-10-11-12-13-14-15-22-27-37(49)56-36(35(28-33-23-18-16-19-24-33)44-40(50)38(31(2)3)45-42(52)54-6)30-48(29-34-25-20-17-21-26-34)47-41(51)39(32(4)5)46-43(53)55-7/h16,18-19,23-24,31-32,34-36,38-39H,8-15,17,20-22,25-30H2,1-7H3,(H,44,50)(H,45,52)(H,46,53)(H,47,51)/t35-,36-,38-,39-/m0/s1. The number of unbranched alkanes of at least 4 members (excludes halogenated alkanes) is 8. The monoisotopic (exact) mass is 788 g/mol. The number of hydrazine groups is 1. The highest BCUT2D eigenvalue weighted by atomic mass is 16.5. The van der Waals surface area contributed by atoms with E-state index in [-0.39, 0.29) is 36.7 Å². The first-order valence-electron chi connectivity index (χ1n) is 21.2. The van der Waals surface area contributed by atoms with Gasteiger partial charge >= 0.3 is 18.2 Å². The number of carbonyl (C=O) groups excluding carboxylic acids is 5. The maximum atomic E-state index is 14.0. The summed E-state index contributed by atoms with van der Waals surface area (Å²) >= 11 is 0. The highest BCUT2D eigenvalue weighted by Crippen LogP contribution is 2.25. The first-order valence-corrected chi connectivity index (χ1v) is 21.2. The Kier molecular flexibility index (Phi) is 23.9. The number of alkyl carbamates (subject to hydrolysis) is 2. The third-order valence-electron chi connectivity index (χ3n) is 10.5. The van der Waals surface area contributed by atoms with Crippen LogP contribution >= 0.6 is 0 Å². The second-order valence-electron chi connectivity index (χ2n) is 16.0. The van der Waals surface area contributed by atoms with Gasteiger partial charge < -0.3 is 30.2 Å². The van der Waals surface area contributed by atoms with Gasteiger partial charge in [-0.1, -0.05) is 136 Å². The lowest BCUT2D eigenvalue weighted by Crippen LogP contribution is -2.60. The molecule has 2 rings (SSSR count). The van der Waals surface area contributed by atoms with E-state index in [1.165, 1.54) is 46.3 Å². The van der Waals surface area contributed by atoms with Crippen molar-refractivity contribution in [3.63, 3.8) is 0 Å². The summed E-state index contributed by atoms with van der Waals surface area (Å²) in [5.41, 5.74) is 3.96. The van der Waals surface area contributed by atoms with E-state index in [0.717, 1.165) is 56.9 Å². The summed E-state index contributed by atoms with van der Waals surface area (Å²) in [4.78, 5) is 66.1. The summed E-state index contributed by atoms with van der Waals surface area (Å²) in [5, 5.41) is 10.2. The molecular formula is C43H73N5O8. The molecule has 0 aliphatic heterocycles. The van der Waals surface area contributed by atoms with Crippen molar-refractivity contribution in [1.29, 1.82) is 0 Å². The van der Waals surface area contributed by atoms with E-state index in [1.807, 2.05) is 58.0 Å². The summed E-state index contributed by atoms with van der Waals surface area (Å²) in [6.07, 6.45) is 13.5. The summed E-state index contributed by atoms with van der Waals surface area (Å²) < 4.78 is 16.0. The van der Waals surface area contributed by atoms with E-state index in [0.29, 0.717) is 19.4 Å². The maximum absolute atomic E-state index is 14.0. The molecule has 4 atom stereocenters. The predicted octanol–water partition coefficient (Wildman–Crippen LogP) is 7.22. The van der Waals surface area contributed by atoms with E-state index in [1.54, 1.807) is 5.01 Å². The second-order valence-corrected chi connectivity index (χ2v) is 16.0.